The van der Waals surface area contributed by atoms with Crippen LogP contribution >= 0.6 is 0 Å². The maximum Gasteiger partial charge on any atom is 0.240 e. The van der Waals surface area contributed by atoms with Crippen LogP contribution in [0.25, 0.3) is 16.9 Å². The van der Waals surface area contributed by atoms with Crippen LogP contribution in [-0.4, -0.2) is 39.3 Å². The predicted octanol–water partition coefficient (Wildman–Crippen LogP) is 3.58. The first kappa shape index (κ1) is 29.1. The van der Waals surface area contributed by atoms with E-state index in [-0.39, 0.29) is 29.9 Å². The normalized spacial score (nSPS) is 12.1. The Bertz CT molecular complexity index is 1490. The van der Waals surface area contributed by atoms with Crippen LogP contribution in [0.5, 0.6) is 5.75 Å². The van der Waals surface area contributed by atoms with Crippen molar-refractivity contribution in [1.82, 2.24) is 15.1 Å². The van der Waals surface area contributed by atoms with E-state index in [2.05, 4.69) is 43.5 Å². The van der Waals surface area contributed by atoms with Gasteiger partial charge in [-0.05, 0) is 53.3 Å². The molecule has 2 amide bonds. The molecule has 0 spiro atoms. The zero-order valence-electron chi connectivity index (χ0n) is 23.5. The topological polar surface area (TPSA) is 149 Å². The minimum atomic E-state index is -0.852. The summed E-state index contributed by atoms with van der Waals surface area (Å²) < 4.78 is 2.52. The average molecular weight is 557 g/mol. The Hall–Kier alpha value is -4.86. The smallest absolute Gasteiger partial charge is 0.240 e. The third-order valence-corrected chi connectivity index (χ3v) is 6.70. The lowest BCUT2D eigenvalue weighted by atomic mass is 9.87. The highest BCUT2D eigenvalue weighted by atomic mass is 16.5. The SMILES string of the molecule is CC(C)(C)c1ccc(-n2nc(-c3ccc[n+]([O-])c3)cc2NCCCC(=O)N[C@@H](Cc2ccc(O)cc2)C(N)=O)cc1. The third kappa shape index (κ3) is 7.84. The number of carbonyl (C=O) groups excluding carboxylic acids is 2. The Morgan fingerprint density at radius 3 is 2.44 bits per heavy atom. The van der Waals surface area contributed by atoms with Gasteiger partial charge in [0.25, 0.3) is 0 Å². The molecule has 41 heavy (non-hydrogen) atoms. The molecular weight excluding hydrogens is 520 g/mol. The Morgan fingerprint density at radius 1 is 1.10 bits per heavy atom. The largest absolute Gasteiger partial charge is 0.619 e. The second-order valence-electron chi connectivity index (χ2n) is 11.0. The molecule has 10 nitrogen and oxygen atoms in total. The number of phenols is 1. The summed E-state index contributed by atoms with van der Waals surface area (Å²) in [5, 5.41) is 32.1. The Balaban J connectivity index is 1.42. The highest BCUT2D eigenvalue weighted by Crippen LogP contribution is 2.27. The number of pyridine rings is 1. The second-order valence-corrected chi connectivity index (χ2v) is 11.0. The summed E-state index contributed by atoms with van der Waals surface area (Å²) in [6, 6.07) is 19.1. The molecule has 0 aliphatic heterocycles. The van der Waals surface area contributed by atoms with E-state index in [0.29, 0.717) is 30.0 Å². The van der Waals surface area contributed by atoms with E-state index >= 15 is 0 Å². The lowest BCUT2D eigenvalue weighted by Crippen LogP contribution is -2.45. The number of carbonyl (C=O) groups is 2. The van der Waals surface area contributed by atoms with Crippen molar-refractivity contribution < 1.29 is 19.4 Å². The van der Waals surface area contributed by atoms with Crippen molar-refractivity contribution in [3.63, 3.8) is 0 Å². The fraction of sp³-hybridized carbons (Fsp3) is 0.290. The van der Waals surface area contributed by atoms with E-state index in [4.69, 9.17) is 10.8 Å². The molecule has 0 saturated carbocycles. The molecule has 0 radical (unpaired) electrons. The number of anilines is 1. The van der Waals surface area contributed by atoms with E-state index in [9.17, 15) is 19.9 Å². The molecule has 0 aliphatic rings. The lowest BCUT2D eigenvalue weighted by Gasteiger charge is -2.19. The molecule has 2 aromatic heterocycles. The maximum absolute atomic E-state index is 12.6. The van der Waals surface area contributed by atoms with Crippen LogP contribution in [0.15, 0.2) is 79.1 Å². The summed E-state index contributed by atoms with van der Waals surface area (Å²) in [6.45, 7) is 6.94. The zero-order chi connectivity index (χ0) is 29.6. The highest BCUT2D eigenvalue weighted by Gasteiger charge is 2.19. The summed E-state index contributed by atoms with van der Waals surface area (Å²) in [5.74, 6) is -0.0777. The number of primary amides is 1. The monoisotopic (exact) mass is 556 g/mol. The fourth-order valence-corrected chi connectivity index (χ4v) is 4.38. The number of nitrogens with two attached hydrogens (primary N) is 1. The maximum atomic E-state index is 12.6. The number of hydrogen-bond acceptors (Lipinski definition) is 6. The van der Waals surface area contributed by atoms with Gasteiger partial charge in [0.05, 0.1) is 11.3 Å². The summed E-state index contributed by atoms with van der Waals surface area (Å²) >= 11 is 0. The molecule has 5 N–H and O–H groups in total. The summed E-state index contributed by atoms with van der Waals surface area (Å²) in [4.78, 5) is 24.5. The first-order chi connectivity index (χ1) is 19.5. The van der Waals surface area contributed by atoms with Gasteiger partial charge in [-0.25, -0.2) is 4.68 Å². The molecule has 4 aromatic rings. The van der Waals surface area contributed by atoms with Gasteiger partial charge in [-0.3, -0.25) is 9.59 Å². The quantitative estimate of drug-likeness (QED) is 0.126. The Labute approximate surface area is 239 Å². The minimum absolute atomic E-state index is 0.0127. The van der Waals surface area contributed by atoms with Gasteiger partial charge < -0.3 is 26.7 Å². The van der Waals surface area contributed by atoms with Crippen molar-refractivity contribution >= 4 is 17.6 Å². The fourth-order valence-electron chi connectivity index (χ4n) is 4.38. The van der Waals surface area contributed by atoms with Gasteiger partial charge in [-0.2, -0.15) is 9.83 Å². The van der Waals surface area contributed by atoms with Crippen molar-refractivity contribution in [2.24, 2.45) is 5.73 Å². The summed E-state index contributed by atoms with van der Waals surface area (Å²) in [5.41, 5.74) is 9.67. The molecule has 1 atom stereocenters. The molecule has 2 aromatic carbocycles. The number of aromatic hydroxyl groups is 1. The lowest BCUT2D eigenvalue weighted by molar-refractivity contribution is -0.604. The van der Waals surface area contributed by atoms with Crippen LogP contribution in [0, 0.1) is 5.21 Å². The first-order valence-corrected chi connectivity index (χ1v) is 13.5. The standard InChI is InChI=1S/C31H36N6O4/c1-31(2,3)23-10-12-24(13-11-23)37-28(19-26(35-37)22-6-5-17-36(41)20-22)33-16-4-7-29(39)34-27(30(32)40)18-21-8-14-25(38)15-9-21/h5-6,8-15,17,19-20,27,33,38H,4,7,16,18H2,1-3H3,(H2,32,40)(H,34,39)/t27-/m0/s1. The van der Waals surface area contributed by atoms with Crippen molar-refractivity contribution in [3.8, 4) is 22.7 Å². The number of rotatable bonds is 11. The van der Waals surface area contributed by atoms with E-state index in [1.54, 1.807) is 22.9 Å². The number of nitrogens with one attached hydrogen (secondary N) is 2. The number of benzene rings is 2. The predicted molar refractivity (Wildman–Crippen MR) is 157 cm³/mol. The molecule has 10 heteroatoms. The first-order valence-electron chi connectivity index (χ1n) is 13.5. The molecule has 2 heterocycles. The van der Waals surface area contributed by atoms with Crippen molar-refractivity contribution in [3.05, 3.63) is 95.5 Å². The molecule has 0 unspecified atom stereocenters. The van der Waals surface area contributed by atoms with E-state index in [0.717, 1.165) is 16.0 Å². The van der Waals surface area contributed by atoms with Crippen LogP contribution in [-0.2, 0) is 21.4 Å². The second kappa shape index (κ2) is 12.5. The molecule has 0 bridgehead atoms. The Kier molecular flexibility index (Phi) is 8.91. The van der Waals surface area contributed by atoms with Crippen molar-refractivity contribution in [2.75, 3.05) is 11.9 Å². The van der Waals surface area contributed by atoms with Gasteiger partial charge in [0.1, 0.15) is 23.3 Å². The highest BCUT2D eigenvalue weighted by molar-refractivity contribution is 5.86. The minimum Gasteiger partial charge on any atom is -0.619 e. The van der Waals surface area contributed by atoms with Crippen molar-refractivity contribution in [2.45, 2.75) is 51.5 Å². The van der Waals surface area contributed by atoms with Gasteiger partial charge in [0, 0.05) is 31.5 Å². The van der Waals surface area contributed by atoms with Crippen molar-refractivity contribution in [1.29, 1.82) is 0 Å². The molecule has 0 fully saturated rings. The van der Waals surface area contributed by atoms with Gasteiger partial charge in [-0.1, -0.05) is 45.0 Å². The van der Waals surface area contributed by atoms with Gasteiger partial charge in [0.2, 0.25) is 11.8 Å². The van der Waals surface area contributed by atoms with Gasteiger partial charge >= 0.3 is 0 Å². The van der Waals surface area contributed by atoms with E-state index in [1.807, 2.05) is 24.3 Å². The van der Waals surface area contributed by atoms with E-state index in [1.165, 1.54) is 30.1 Å². The number of amides is 2. The molecule has 214 valence electrons. The van der Waals surface area contributed by atoms with Crippen LogP contribution in [0.2, 0.25) is 0 Å². The summed E-state index contributed by atoms with van der Waals surface area (Å²) in [7, 11) is 0. The molecule has 4 rings (SSSR count). The number of phenolic OH excluding ortho intramolecular Hbond substituents is 1. The molecule has 0 aliphatic carbocycles. The van der Waals surface area contributed by atoms with Gasteiger partial charge in [-0.15, -0.1) is 0 Å². The molecule has 0 saturated heterocycles. The average Bonchev–Trinajstić information content (AvgIpc) is 3.36. The van der Waals surface area contributed by atoms with Crippen LogP contribution < -0.4 is 21.1 Å². The number of nitrogens with zero attached hydrogens (tertiary/aromatic N) is 3. The van der Waals surface area contributed by atoms with Crippen LogP contribution in [0.3, 0.4) is 0 Å². The Morgan fingerprint density at radius 2 is 1.80 bits per heavy atom. The van der Waals surface area contributed by atoms with Gasteiger partial charge in [0.15, 0.2) is 12.4 Å². The third-order valence-electron chi connectivity index (χ3n) is 6.70. The van der Waals surface area contributed by atoms with Crippen LogP contribution in [0.1, 0.15) is 44.7 Å². The zero-order valence-corrected chi connectivity index (χ0v) is 23.5. The summed E-state index contributed by atoms with van der Waals surface area (Å²) in [6.07, 6.45) is 3.80. The van der Waals surface area contributed by atoms with Crippen LogP contribution in [0.4, 0.5) is 5.82 Å². The molecular formula is C31H36N6O4. The van der Waals surface area contributed by atoms with E-state index < -0.39 is 11.9 Å². The number of hydrogen-bond donors (Lipinski definition) is 4. The number of aromatic nitrogens is 3.